The molecule has 0 aromatic heterocycles. The molecule has 2 aromatic rings. The molecule has 0 heterocycles. The maximum absolute atomic E-state index is 13.5. The van der Waals surface area contributed by atoms with Crippen LogP contribution in [0.25, 0.3) is 0 Å². The van der Waals surface area contributed by atoms with Gasteiger partial charge in [-0.2, -0.15) is 0 Å². The first kappa shape index (κ1) is 30.7. The number of amides is 2. The molecule has 0 aliphatic carbocycles. The second kappa shape index (κ2) is 13.9. The number of benzene rings is 2. The summed E-state index contributed by atoms with van der Waals surface area (Å²) >= 11 is 12.6. The molecule has 2 aromatic carbocycles. The number of hydrogen-bond donors (Lipinski definition) is 1. The van der Waals surface area contributed by atoms with Crippen molar-refractivity contribution >= 4 is 50.7 Å². The van der Waals surface area contributed by atoms with Crippen molar-refractivity contribution in [3.8, 4) is 5.75 Å². The lowest BCUT2D eigenvalue weighted by Gasteiger charge is -2.32. The summed E-state index contributed by atoms with van der Waals surface area (Å²) in [5.41, 5.74) is 1.09. The lowest BCUT2D eigenvalue weighted by atomic mass is 10.1. The molecule has 8 nitrogen and oxygen atoms in total. The molecule has 0 bridgehead atoms. The monoisotopic (exact) mass is 571 g/mol. The molecule has 1 atom stereocenters. The van der Waals surface area contributed by atoms with Crippen molar-refractivity contribution in [1.82, 2.24) is 10.2 Å². The first-order valence-corrected chi connectivity index (χ1v) is 14.6. The molecular formula is C26H35Cl2N3O5S. The van der Waals surface area contributed by atoms with Gasteiger partial charge in [-0.05, 0) is 56.5 Å². The van der Waals surface area contributed by atoms with Crippen LogP contribution in [0.15, 0.2) is 42.5 Å². The van der Waals surface area contributed by atoms with Crippen LogP contribution in [0.3, 0.4) is 0 Å². The van der Waals surface area contributed by atoms with Crippen LogP contribution in [-0.2, 0) is 26.2 Å². The lowest BCUT2D eigenvalue weighted by molar-refractivity contribution is -0.141. The van der Waals surface area contributed by atoms with Gasteiger partial charge in [-0.3, -0.25) is 13.9 Å². The molecule has 204 valence electrons. The number of carbonyl (C=O) groups excluding carboxylic acids is 2. The minimum absolute atomic E-state index is 0.0335. The summed E-state index contributed by atoms with van der Waals surface area (Å²) < 4.78 is 31.4. The smallest absolute Gasteiger partial charge is 0.243 e. The Balaban J connectivity index is 2.25. The maximum atomic E-state index is 13.5. The van der Waals surface area contributed by atoms with Crippen molar-refractivity contribution in [3.05, 3.63) is 58.1 Å². The normalized spacial score (nSPS) is 12.2. The van der Waals surface area contributed by atoms with E-state index < -0.39 is 16.1 Å². The van der Waals surface area contributed by atoms with Gasteiger partial charge in [0.15, 0.2) is 0 Å². The van der Waals surface area contributed by atoms with E-state index in [1.165, 1.54) is 22.4 Å². The molecule has 0 aliphatic heterocycles. The zero-order valence-electron chi connectivity index (χ0n) is 21.8. The summed E-state index contributed by atoms with van der Waals surface area (Å²) in [5.74, 6) is -0.0926. The summed E-state index contributed by atoms with van der Waals surface area (Å²) in [7, 11) is -2.17. The molecule has 0 fully saturated rings. The molecule has 0 radical (unpaired) electrons. The first-order valence-electron chi connectivity index (χ1n) is 12.0. The summed E-state index contributed by atoms with van der Waals surface area (Å²) in [6, 6.07) is 11.1. The number of methoxy groups -OCH3 is 1. The van der Waals surface area contributed by atoms with E-state index in [0.29, 0.717) is 22.9 Å². The number of ether oxygens (including phenoxy) is 1. The molecule has 0 spiro atoms. The summed E-state index contributed by atoms with van der Waals surface area (Å²) in [6.45, 7) is 5.77. The summed E-state index contributed by atoms with van der Waals surface area (Å²) in [4.78, 5) is 27.9. The Hall–Kier alpha value is -2.49. The molecule has 2 amide bonds. The van der Waals surface area contributed by atoms with Crippen LogP contribution in [0.1, 0.15) is 45.6 Å². The predicted molar refractivity (Wildman–Crippen MR) is 149 cm³/mol. The van der Waals surface area contributed by atoms with E-state index in [9.17, 15) is 18.0 Å². The third-order valence-corrected chi connectivity index (χ3v) is 7.55. The SMILES string of the molecule is CC[C@@H](C(=O)NC(C)C)N(Cc1ccccc1Cl)C(=O)CCCN(c1ccc(OC)c(Cl)c1)S(C)(=O)=O. The third-order valence-electron chi connectivity index (χ3n) is 5.69. The predicted octanol–water partition coefficient (Wildman–Crippen LogP) is 4.88. The highest BCUT2D eigenvalue weighted by molar-refractivity contribution is 7.92. The number of sulfonamides is 1. The van der Waals surface area contributed by atoms with Crippen molar-refractivity contribution < 1.29 is 22.7 Å². The van der Waals surface area contributed by atoms with Crippen LogP contribution < -0.4 is 14.4 Å². The van der Waals surface area contributed by atoms with Crippen LogP contribution in [0, 0.1) is 0 Å². The fraction of sp³-hybridized carbons (Fsp3) is 0.462. The second-order valence-corrected chi connectivity index (χ2v) is 11.7. The lowest BCUT2D eigenvalue weighted by Crippen LogP contribution is -2.50. The Morgan fingerprint density at radius 3 is 2.30 bits per heavy atom. The van der Waals surface area contributed by atoms with Gasteiger partial charge in [0.2, 0.25) is 21.8 Å². The zero-order chi connectivity index (χ0) is 27.8. The van der Waals surface area contributed by atoms with Gasteiger partial charge in [0.25, 0.3) is 0 Å². The van der Waals surface area contributed by atoms with Gasteiger partial charge < -0.3 is 15.0 Å². The van der Waals surface area contributed by atoms with Crippen molar-refractivity contribution in [2.24, 2.45) is 0 Å². The number of rotatable bonds is 13. The number of nitrogens with zero attached hydrogens (tertiary/aromatic N) is 2. The molecule has 0 saturated carbocycles. The van der Waals surface area contributed by atoms with Gasteiger partial charge in [0, 0.05) is 30.6 Å². The fourth-order valence-electron chi connectivity index (χ4n) is 3.92. The van der Waals surface area contributed by atoms with Crippen molar-refractivity contribution in [2.75, 3.05) is 24.2 Å². The minimum Gasteiger partial charge on any atom is -0.495 e. The number of halogens is 2. The van der Waals surface area contributed by atoms with E-state index in [0.717, 1.165) is 11.8 Å². The average Bonchev–Trinajstić information content (AvgIpc) is 2.81. The van der Waals surface area contributed by atoms with E-state index in [2.05, 4.69) is 5.32 Å². The Bertz CT molecular complexity index is 1190. The number of anilines is 1. The van der Waals surface area contributed by atoms with Gasteiger partial charge in [-0.15, -0.1) is 0 Å². The summed E-state index contributed by atoms with van der Waals surface area (Å²) in [5, 5.41) is 3.66. The minimum atomic E-state index is -3.65. The van der Waals surface area contributed by atoms with E-state index >= 15 is 0 Å². The maximum Gasteiger partial charge on any atom is 0.243 e. The van der Waals surface area contributed by atoms with Crippen LogP contribution in [0.4, 0.5) is 5.69 Å². The Morgan fingerprint density at radius 1 is 1.08 bits per heavy atom. The highest BCUT2D eigenvalue weighted by Gasteiger charge is 2.29. The Labute approximate surface area is 229 Å². The average molecular weight is 573 g/mol. The van der Waals surface area contributed by atoms with Gasteiger partial charge in [-0.25, -0.2) is 8.42 Å². The molecule has 37 heavy (non-hydrogen) atoms. The highest BCUT2D eigenvalue weighted by Crippen LogP contribution is 2.30. The molecule has 2 rings (SSSR count). The van der Waals surface area contributed by atoms with Gasteiger partial charge in [-0.1, -0.05) is 48.3 Å². The number of hydrogen-bond acceptors (Lipinski definition) is 5. The molecule has 11 heteroatoms. The van der Waals surface area contributed by atoms with E-state index in [1.807, 2.05) is 32.9 Å². The quantitative estimate of drug-likeness (QED) is 0.369. The van der Waals surface area contributed by atoms with Gasteiger partial charge in [0.1, 0.15) is 11.8 Å². The molecular weight excluding hydrogens is 537 g/mol. The highest BCUT2D eigenvalue weighted by atomic mass is 35.5. The van der Waals surface area contributed by atoms with Crippen LogP contribution in [0.5, 0.6) is 5.75 Å². The zero-order valence-corrected chi connectivity index (χ0v) is 24.2. The van der Waals surface area contributed by atoms with E-state index in [1.54, 1.807) is 24.3 Å². The van der Waals surface area contributed by atoms with E-state index in [4.69, 9.17) is 27.9 Å². The molecule has 0 unspecified atom stereocenters. The van der Waals surface area contributed by atoms with Crippen LogP contribution in [0.2, 0.25) is 10.0 Å². The topological polar surface area (TPSA) is 96.0 Å². The van der Waals surface area contributed by atoms with Crippen molar-refractivity contribution in [1.29, 1.82) is 0 Å². The third kappa shape index (κ3) is 8.79. The second-order valence-electron chi connectivity index (χ2n) is 8.96. The standard InChI is InChI=1S/C26H35Cl2N3O5S/c1-6-23(26(33)29-18(2)3)30(17-19-10-7-8-11-21(19)27)25(32)12-9-15-31(37(5,34)35)20-13-14-24(36-4)22(28)16-20/h7-8,10-11,13-14,16,18,23H,6,9,12,15,17H2,1-5H3,(H,29,33)/t23-/m0/s1. The van der Waals surface area contributed by atoms with Crippen molar-refractivity contribution in [3.63, 3.8) is 0 Å². The fourth-order valence-corrected chi connectivity index (χ4v) is 5.33. The largest absolute Gasteiger partial charge is 0.495 e. The van der Waals surface area contributed by atoms with Gasteiger partial charge in [0.05, 0.1) is 24.1 Å². The van der Waals surface area contributed by atoms with Crippen LogP contribution in [-0.4, -0.2) is 57.1 Å². The number of carbonyl (C=O) groups is 2. The van der Waals surface area contributed by atoms with Crippen molar-refractivity contribution in [2.45, 2.75) is 58.7 Å². The molecule has 0 aliphatic rings. The Kier molecular flexibility index (Phi) is 11.5. The van der Waals surface area contributed by atoms with Crippen LogP contribution >= 0.6 is 23.2 Å². The van der Waals surface area contributed by atoms with Gasteiger partial charge >= 0.3 is 0 Å². The molecule has 0 saturated heterocycles. The Morgan fingerprint density at radius 2 is 1.76 bits per heavy atom. The first-order chi connectivity index (χ1) is 17.4. The number of nitrogens with one attached hydrogen (secondary N) is 1. The summed E-state index contributed by atoms with van der Waals surface area (Å²) in [6.07, 6.45) is 1.78. The van der Waals surface area contributed by atoms with E-state index in [-0.39, 0.29) is 48.8 Å². The molecule has 1 N–H and O–H groups in total.